The van der Waals surface area contributed by atoms with Gasteiger partial charge in [0, 0.05) is 23.9 Å². The summed E-state index contributed by atoms with van der Waals surface area (Å²) in [4.78, 5) is 16.9. The molecular formula is C20H20FN5O2. The predicted molar refractivity (Wildman–Crippen MR) is 102 cm³/mol. The van der Waals surface area contributed by atoms with E-state index < -0.39 is 0 Å². The van der Waals surface area contributed by atoms with Crippen molar-refractivity contribution < 1.29 is 13.9 Å². The number of halogens is 1. The summed E-state index contributed by atoms with van der Waals surface area (Å²) >= 11 is 0. The van der Waals surface area contributed by atoms with E-state index in [9.17, 15) is 9.18 Å². The summed E-state index contributed by atoms with van der Waals surface area (Å²) in [5.74, 6) is 1.22. The lowest BCUT2D eigenvalue weighted by atomic mass is 10.0. The molecule has 0 bridgehead atoms. The number of carbonyl (C=O) groups is 1. The van der Waals surface area contributed by atoms with Crippen molar-refractivity contribution in [3.63, 3.8) is 0 Å². The average Bonchev–Trinajstić information content (AvgIpc) is 3.03. The second-order valence-corrected chi connectivity index (χ2v) is 6.64. The van der Waals surface area contributed by atoms with E-state index in [1.165, 1.54) is 12.1 Å². The highest BCUT2D eigenvalue weighted by Gasteiger charge is 2.22. The molecule has 1 unspecified atom stereocenters. The number of nitrogens with zero attached hydrogens (tertiary/aromatic N) is 3. The molecule has 1 aromatic carbocycles. The summed E-state index contributed by atoms with van der Waals surface area (Å²) in [7, 11) is 0. The zero-order valence-corrected chi connectivity index (χ0v) is 15.4. The monoisotopic (exact) mass is 381 g/mol. The van der Waals surface area contributed by atoms with Crippen LogP contribution in [0.3, 0.4) is 0 Å². The molecule has 2 aromatic heterocycles. The Morgan fingerprint density at radius 1 is 1.25 bits per heavy atom. The molecule has 0 saturated heterocycles. The highest BCUT2D eigenvalue weighted by Crippen LogP contribution is 2.32. The number of benzene rings is 1. The Morgan fingerprint density at radius 3 is 3.00 bits per heavy atom. The van der Waals surface area contributed by atoms with Crippen LogP contribution < -0.4 is 15.4 Å². The SMILES string of the molecule is Cc1ccnc(-n2nccc2NC(=O)NC2CCCOc3cc(F)ccc32)c1. The first kappa shape index (κ1) is 18.0. The third-order valence-corrected chi connectivity index (χ3v) is 4.55. The smallest absolute Gasteiger partial charge is 0.320 e. The van der Waals surface area contributed by atoms with E-state index in [0.29, 0.717) is 30.4 Å². The number of aromatic nitrogens is 3. The molecule has 0 saturated carbocycles. The lowest BCUT2D eigenvalue weighted by Crippen LogP contribution is -2.33. The number of nitrogens with one attached hydrogen (secondary N) is 2. The number of amides is 2. The van der Waals surface area contributed by atoms with Crippen LogP contribution in [0.2, 0.25) is 0 Å². The molecule has 1 aliphatic rings. The lowest BCUT2D eigenvalue weighted by molar-refractivity contribution is 0.247. The molecule has 28 heavy (non-hydrogen) atoms. The summed E-state index contributed by atoms with van der Waals surface area (Å²) in [6.07, 6.45) is 4.74. The number of pyridine rings is 1. The minimum Gasteiger partial charge on any atom is -0.493 e. The number of hydrogen-bond donors (Lipinski definition) is 2. The van der Waals surface area contributed by atoms with Crippen LogP contribution in [0.5, 0.6) is 5.75 Å². The van der Waals surface area contributed by atoms with Gasteiger partial charge >= 0.3 is 6.03 Å². The summed E-state index contributed by atoms with van der Waals surface area (Å²) in [6, 6.07) is 9.20. The van der Waals surface area contributed by atoms with E-state index in [2.05, 4.69) is 20.7 Å². The van der Waals surface area contributed by atoms with Gasteiger partial charge in [-0.1, -0.05) is 6.07 Å². The quantitative estimate of drug-likeness (QED) is 0.724. The summed E-state index contributed by atoms with van der Waals surface area (Å²) < 4.78 is 20.7. The van der Waals surface area contributed by atoms with Gasteiger partial charge in [-0.2, -0.15) is 9.78 Å². The van der Waals surface area contributed by atoms with Gasteiger partial charge in [-0.3, -0.25) is 5.32 Å². The third-order valence-electron chi connectivity index (χ3n) is 4.55. The second kappa shape index (κ2) is 7.67. The van der Waals surface area contributed by atoms with Gasteiger partial charge in [0.15, 0.2) is 5.82 Å². The van der Waals surface area contributed by atoms with Gasteiger partial charge in [-0.15, -0.1) is 0 Å². The van der Waals surface area contributed by atoms with Gasteiger partial charge in [0.2, 0.25) is 0 Å². The van der Waals surface area contributed by atoms with Crippen molar-refractivity contribution in [2.75, 3.05) is 11.9 Å². The molecular weight excluding hydrogens is 361 g/mol. The van der Waals surface area contributed by atoms with Gasteiger partial charge in [-0.25, -0.2) is 14.2 Å². The van der Waals surface area contributed by atoms with Gasteiger partial charge in [0.25, 0.3) is 0 Å². The molecule has 3 aromatic rings. The fourth-order valence-corrected chi connectivity index (χ4v) is 3.22. The maximum Gasteiger partial charge on any atom is 0.320 e. The molecule has 0 fully saturated rings. The molecule has 2 amide bonds. The average molecular weight is 381 g/mol. The third kappa shape index (κ3) is 3.80. The van der Waals surface area contributed by atoms with E-state index >= 15 is 0 Å². The Kier molecular flexibility index (Phi) is 4.92. The first-order chi connectivity index (χ1) is 13.6. The van der Waals surface area contributed by atoms with Crippen molar-refractivity contribution in [1.29, 1.82) is 0 Å². The van der Waals surface area contributed by atoms with E-state index in [1.54, 1.807) is 29.2 Å². The molecule has 4 rings (SSSR count). The van der Waals surface area contributed by atoms with Gasteiger partial charge in [-0.05, 0) is 43.5 Å². The molecule has 7 nitrogen and oxygen atoms in total. The van der Waals surface area contributed by atoms with Gasteiger partial charge in [0.05, 0.1) is 18.8 Å². The molecule has 1 aliphatic heterocycles. The Morgan fingerprint density at radius 2 is 2.14 bits per heavy atom. The second-order valence-electron chi connectivity index (χ2n) is 6.64. The number of rotatable bonds is 3. The van der Waals surface area contributed by atoms with Crippen LogP contribution in [0.1, 0.15) is 30.0 Å². The highest BCUT2D eigenvalue weighted by atomic mass is 19.1. The molecule has 0 aliphatic carbocycles. The van der Waals surface area contributed by atoms with Crippen LogP contribution in [0.15, 0.2) is 48.8 Å². The van der Waals surface area contributed by atoms with E-state index in [1.807, 2.05) is 19.1 Å². The minimum absolute atomic E-state index is 0.272. The van der Waals surface area contributed by atoms with Crippen molar-refractivity contribution in [3.8, 4) is 11.6 Å². The Balaban J connectivity index is 1.51. The standard InChI is InChI=1S/C20H20FN5O2/c1-13-6-8-22-19(11-13)26-18(7-9-23-26)25-20(27)24-16-3-2-10-28-17-12-14(21)4-5-15(16)17/h4-9,11-12,16H,2-3,10H2,1H3,(H2,24,25,27). The Bertz CT molecular complexity index is 1000. The zero-order chi connectivity index (χ0) is 19.5. The number of ether oxygens (including phenoxy) is 1. The molecule has 0 radical (unpaired) electrons. The summed E-state index contributed by atoms with van der Waals surface area (Å²) in [6.45, 7) is 2.45. The minimum atomic E-state index is -0.378. The fourth-order valence-electron chi connectivity index (χ4n) is 3.22. The van der Waals surface area contributed by atoms with Gasteiger partial charge < -0.3 is 10.1 Å². The van der Waals surface area contributed by atoms with E-state index in [0.717, 1.165) is 17.5 Å². The largest absolute Gasteiger partial charge is 0.493 e. The molecule has 0 spiro atoms. The Labute approximate surface area is 161 Å². The molecule has 8 heteroatoms. The topological polar surface area (TPSA) is 81.1 Å². The highest BCUT2D eigenvalue weighted by molar-refractivity contribution is 5.89. The summed E-state index contributed by atoms with van der Waals surface area (Å²) in [5.41, 5.74) is 1.81. The first-order valence-corrected chi connectivity index (χ1v) is 9.07. The lowest BCUT2D eigenvalue weighted by Gasteiger charge is -2.19. The zero-order valence-electron chi connectivity index (χ0n) is 15.4. The maximum absolute atomic E-state index is 13.5. The van der Waals surface area contributed by atoms with Crippen molar-refractivity contribution in [2.24, 2.45) is 0 Å². The predicted octanol–water partition coefficient (Wildman–Crippen LogP) is 3.75. The van der Waals surface area contributed by atoms with Crippen molar-refractivity contribution >= 4 is 11.8 Å². The number of aryl methyl sites for hydroxylation is 1. The van der Waals surface area contributed by atoms with Crippen molar-refractivity contribution in [1.82, 2.24) is 20.1 Å². The molecule has 3 heterocycles. The van der Waals surface area contributed by atoms with Crippen LogP contribution in [0, 0.1) is 12.7 Å². The van der Waals surface area contributed by atoms with Crippen LogP contribution in [-0.4, -0.2) is 27.4 Å². The maximum atomic E-state index is 13.5. The number of urea groups is 1. The Hall–Kier alpha value is -3.42. The van der Waals surface area contributed by atoms with Crippen LogP contribution >= 0.6 is 0 Å². The molecule has 1 atom stereocenters. The van der Waals surface area contributed by atoms with Gasteiger partial charge in [0.1, 0.15) is 17.4 Å². The fraction of sp³-hybridized carbons (Fsp3) is 0.250. The van der Waals surface area contributed by atoms with E-state index in [-0.39, 0.29) is 17.9 Å². The normalized spacial score (nSPS) is 15.9. The van der Waals surface area contributed by atoms with Crippen LogP contribution in [-0.2, 0) is 0 Å². The molecule has 2 N–H and O–H groups in total. The van der Waals surface area contributed by atoms with Crippen LogP contribution in [0.4, 0.5) is 15.0 Å². The van der Waals surface area contributed by atoms with Crippen molar-refractivity contribution in [3.05, 3.63) is 65.7 Å². The number of anilines is 1. The van der Waals surface area contributed by atoms with Crippen molar-refractivity contribution in [2.45, 2.75) is 25.8 Å². The molecule has 144 valence electrons. The van der Waals surface area contributed by atoms with E-state index in [4.69, 9.17) is 4.74 Å². The first-order valence-electron chi connectivity index (χ1n) is 9.07. The number of hydrogen-bond acceptors (Lipinski definition) is 4. The number of fused-ring (bicyclic) bond motifs is 1. The summed E-state index contributed by atoms with van der Waals surface area (Å²) in [5, 5.41) is 10.0. The van der Waals surface area contributed by atoms with Crippen LogP contribution in [0.25, 0.3) is 5.82 Å². The number of carbonyl (C=O) groups excluding carboxylic acids is 1.